The predicted molar refractivity (Wildman–Crippen MR) is 125 cm³/mol. The number of aromatic carboxylic acids is 1. The Hall–Kier alpha value is -3.75. The topological polar surface area (TPSA) is 131 Å². The molecule has 9 nitrogen and oxygen atoms in total. The van der Waals surface area contributed by atoms with Gasteiger partial charge in [-0.3, -0.25) is 4.79 Å². The van der Waals surface area contributed by atoms with Gasteiger partial charge < -0.3 is 30.8 Å². The molecule has 2 aromatic heterocycles. The average molecular weight is 438 g/mol. The van der Waals surface area contributed by atoms with E-state index < -0.39 is 16.9 Å². The molecule has 3 heterocycles. The van der Waals surface area contributed by atoms with Crippen LogP contribution in [0.25, 0.3) is 10.9 Å². The predicted octanol–water partition coefficient (Wildman–Crippen LogP) is 2.89. The maximum Gasteiger partial charge on any atom is 0.341 e. The van der Waals surface area contributed by atoms with E-state index in [1.165, 1.54) is 6.20 Å². The maximum atomic E-state index is 13.1. The molecule has 0 bridgehead atoms. The van der Waals surface area contributed by atoms with E-state index in [0.717, 1.165) is 17.1 Å². The summed E-state index contributed by atoms with van der Waals surface area (Å²) in [6.45, 7) is 7.29. The number of ether oxygens (including phenoxy) is 1. The van der Waals surface area contributed by atoms with E-state index in [1.54, 1.807) is 10.8 Å². The Morgan fingerprint density at radius 2 is 2.06 bits per heavy atom. The van der Waals surface area contributed by atoms with Crippen molar-refractivity contribution < 1.29 is 14.6 Å². The molecule has 0 spiro atoms. The fourth-order valence-electron chi connectivity index (χ4n) is 4.12. The van der Waals surface area contributed by atoms with Gasteiger partial charge in [-0.25, -0.2) is 9.78 Å². The van der Waals surface area contributed by atoms with E-state index in [-0.39, 0.29) is 16.6 Å². The van der Waals surface area contributed by atoms with Gasteiger partial charge in [-0.05, 0) is 32.4 Å². The van der Waals surface area contributed by atoms with Gasteiger partial charge in [0.25, 0.3) is 0 Å². The Morgan fingerprint density at radius 3 is 2.72 bits per heavy atom. The fourth-order valence-corrected chi connectivity index (χ4v) is 4.12. The Labute approximate surface area is 185 Å². The number of benzene rings is 1. The van der Waals surface area contributed by atoms with Gasteiger partial charge in [0, 0.05) is 31.0 Å². The number of hydrogen-bond donors (Lipinski definition) is 4. The van der Waals surface area contributed by atoms with Crippen molar-refractivity contribution in [3.05, 3.63) is 51.9 Å². The lowest BCUT2D eigenvalue weighted by Gasteiger charge is -2.37. The van der Waals surface area contributed by atoms with Crippen molar-refractivity contribution in [3.8, 4) is 5.75 Å². The molecule has 32 heavy (non-hydrogen) atoms. The molecule has 4 rings (SSSR count). The first-order valence-electron chi connectivity index (χ1n) is 10.5. The third-order valence-electron chi connectivity index (χ3n) is 5.75. The summed E-state index contributed by atoms with van der Waals surface area (Å²) < 4.78 is 7.96. The van der Waals surface area contributed by atoms with Crippen molar-refractivity contribution in [2.75, 3.05) is 36.1 Å². The third-order valence-corrected chi connectivity index (χ3v) is 5.75. The molecule has 0 fully saturated rings. The van der Waals surface area contributed by atoms with Crippen molar-refractivity contribution >= 4 is 34.1 Å². The van der Waals surface area contributed by atoms with Crippen molar-refractivity contribution in [1.82, 2.24) is 9.55 Å². The van der Waals surface area contributed by atoms with Gasteiger partial charge in [0.15, 0.2) is 5.75 Å². The minimum atomic E-state index is -1.27. The Kier molecular flexibility index (Phi) is 5.41. The van der Waals surface area contributed by atoms with Gasteiger partial charge in [0.1, 0.15) is 18.0 Å². The highest BCUT2D eigenvalue weighted by Crippen LogP contribution is 2.45. The Bertz CT molecular complexity index is 1250. The molecular formula is C23H27N5O4. The normalized spacial score (nSPS) is 14.1. The highest BCUT2D eigenvalue weighted by atomic mass is 16.5. The van der Waals surface area contributed by atoms with Crippen LogP contribution in [0.1, 0.15) is 36.7 Å². The van der Waals surface area contributed by atoms with Gasteiger partial charge in [0.05, 0.1) is 27.8 Å². The number of carboxylic acids is 1. The van der Waals surface area contributed by atoms with Crippen LogP contribution in [0.15, 0.2) is 35.4 Å². The van der Waals surface area contributed by atoms with Crippen LogP contribution in [-0.2, 0) is 12.0 Å². The average Bonchev–Trinajstić information content (AvgIpc) is 2.76. The lowest BCUT2D eigenvalue weighted by Crippen LogP contribution is -2.39. The first-order valence-corrected chi connectivity index (χ1v) is 10.5. The summed E-state index contributed by atoms with van der Waals surface area (Å²) in [6.07, 6.45) is 3.67. The first-order chi connectivity index (χ1) is 15.3. The molecule has 1 aromatic carbocycles. The molecule has 168 valence electrons. The summed E-state index contributed by atoms with van der Waals surface area (Å²) in [4.78, 5) is 29.1. The number of hydrogen-bond acceptors (Lipinski definition) is 7. The standard InChI is InChI=1S/C23H27N5O4/c1-4-13-17(24)16-19-21(18(13)27-10-9-26-15-7-5-6-8-25-15)32-12-23(2,3)28(19)11-14(20(16)29)22(30)31/h5-8,11,27H,4,9-10,12,24H2,1-3H3,(H,25,26)(H,30,31). The van der Waals surface area contributed by atoms with E-state index in [1.807, 2.05) is 39.0 Å². The Balaban J connectivity index is 1.82. The van der Waals surface area contributed by atoms with Gasteiger partial charge in [-0.2, -0.15) is 0 Å². The lowest BCUT2D eigenvalue weighted by atomic mass is 9.95. The van der Waals surface area contributed by atoms with Crippen LogP contribution >= 0.6 is 0 Å². The molecule has 0 saturated heterocycles. The molecule has 1 aliphatic heterocycles. The zero-order chi connectivity index (χ0) is 23.0. The summed E-state index contributed by atoms with van der Waals surface area (Å²) in [7, 11) is 0. The van der Waals surface area contributed by atoms with Crippen LogP contribution in [0.2, 0.25) is 0 Å². The first kappa shape index (κ1) is 21.5. The van der Waals surface area contributed by atoms with E-state index in [0.29, 0.717) is 37.4 Å². The monoisotopic (exact) mass is 437 g/mol. The molecule has 3 aromatic rings. The fraction of sp³-hybridized carbons (Fsp3) is 0.348. The highest BCUT2D eigenvalue weighted by Gasteiger charge is 2.34. The van der Waals surface area contributed by atoms with Crippen LogP contribution in [0.5, 0.6) is 5.75 Å². The number of pyridine rings is 2. The second kappa shape index (κ2) is 8.07. The molecule has 0 saturated carbocycles. The van der Waals surface area contributed by atoms with Gasteiger partial charge in [-0.15, -0.1) is 0 Å². The lowest BCUT2D eigenvalue weighted by molar-refractivity contribution is 0.0693. The zero-order valence-electron chi connectivity index (χ0n) is 18.4. The number of nitrogens with one attached hydrogen (secondary N) is 2. The van der Waals surface area contributed by atoms with Gasteiger partial charge in [-0.1, -0.05) is 13.0 Å². The number of anilines is 3. The van der Waals surface area contributed by atoms with E-state index in [2.05, 4.69) is 15.6 Å². The van der Waals surface area contributed by atoms with E-state index in [9.17, 15) is 14.7 Å². The van der Waals surface area contributed by atoms with E-state index >= 15 is 0 Å². The number of nitrogen functional groups attached to an aromatic ring is 1. The second-order valence-electron chi connectivity index (χ2n) is 8.39. The van der Waals surface area contributed by atoms with Crippen LogP contribution in [-0.4, -0.2) is 40.3 Å². The summed E-state index contributed by atoms with van der Waals surface area (Å²) >= 11 is 0. The summed E-state index contributed by atoms with van der Waals surface area (Å²) in [5.41, 5.74) is 7.29. The van der Waals surface area contributed by atoms with Crippen LogP contribution in [0.4, 0.5) is 17.2 Å². The molecule has 0 atom stereocenters. The van der Waals surface area contributed by atoms with Gasteiger partial charge in [0.2, 0.25) is 5.43 Å². The molecule has 0 aliphatic carbocycles. The summed E-state index contributed by atoms with van der Waals surface area (Å²) in [5, 5.41) is 16.4. The van der Waals surface area contributed by atoms with Gasteiger partial charge >= 0.3 is 5.97 Å². The molecule has 0 unspecified atom stereocenters. The molecule has 0 amide bonds. The van der Waals surface area contributed by atoms with Crippen LogP contribution in [0.3, 0.4) is 0 Å². The van der Waals surface area contributed by atoms with Crippen molar-refractivity contribution in [2.24, 2.45) is 0 Å². The number of nitrogens with zero attached hydrogens (tertiary/aromatic N) is 2. The maximum absolute atomic E-state index is 13.1. The largest absolute Gasteiger partial charge is 0.487 e. The minimum absolute atomic E-state index is 0.196. The zero-order valence-corrected chi connectivity index (χ0v) is 18.4. The van der Waals surface area contributed by atoms with Crippen molar-refractivity contribution in [3.63, 3.8) is 0 Å². The van der Waals surface area contributed by atoms with Crippen molar-refractivity contribution in [1.29, 1.82) is 0 Å². The summed E-state index contributed by atoms with van der Waals surface area (Å²) in [5.74, 6) is 0.0272. The molecule has 1 aliphatic rings. The SMILES string of the molecule is CCc1c(NCCNc2ccccn2)c2c3c(c1N)c(=O)c(C(=O)O)cn3C(C)(C)CO2. The number of carbonyl (C=O) groups is 1. The number of rotatable bonds is 7. The summed E-state index contributed by atoms with van der Waals surface area (Å²) in [6, 6.07) is 5.65. The highest BCUT2D eigenvalue weighted by molar-refractivity contribution is 6.05. The Morgan fingerprint density at radius 1 is 1.31 bits per heavy atom. The van der Waals surface area contributed by atoms with Crippen molar-refractivity contribution in [2.45, 2.75) is 32.7 Å². The number of nitrogens with two attached hydrogens (primary N) is 1. The van der Waals surface area contributed by atoms with Crippen LogP contribution in [0, 0.1) is 0 Å². The number of aromatic nitrogens is 2. The van der Waals surface area contributed by atoms with Crippen LogP contribution < -0.4 is 26.5 Å². The third kappa shape index (κ3) is 3.49. The minimum Gasteiger partial charge on any atom is -0.487 e. The number of carboxylic acid groups (broad SMARTS) is 1. The van der Waals surface area contributed by atoms with E-state index in [4.69, 9.17) is 10.5 Å². The second-order valence-corrected chi connectivity index (χ2v) is 8.39. The molecule has 9 heteroatoms. The quantitative estimate of drug-likeness (QED) is 0.328. The smallest absolute Gasteiger partial charge is 0.341 e. The molecule has 5 N–H and O–H groups in total. The molecular weight excluding hydrogens is 410 g/mol. The molecule has 0 radical (unpaired) electrons.